The highest BCUT2D eigenvalue weighted by Gasteiger charge is 2.44. The van der Waals surface area contributed by atoms with Crippen LogP contribution in [0.15, 0.2) is 95.4 Å². The third-order valence-electron chi connectivity index (χ3n) is 12.9. The van der Waals surface area contributed by atoms with Gasteiger partial charge in [-0.25, -0.2) is 14.7 Å². The summed E-state index contributed by atoms with van der Waals surface area (Å²) in [6.45, 7) is 20.1. The fourth-order valence-corrected chi connectivity index (χ4v) is 9.89. The molecule has 0 aromatic heterocycles. The molecule has 0 bridgehead atoms. The van der Waals surface area contributed by atoms with Crippen LogP contribution >= 0.6 is 0 Å². The van der Waals surface area contributed by atoms with Crippen LogP contribution in [-0.4, -0.2) is 62.0 Å². The number of phenols is 4. The number of unbranched alkanes of at least 4 members (excludes halogenated alkanes) is 8. The number of aliphatic hydroxyl groups excluding tert-OH is 1. The van der Waals surface area contributed by atoms with Crippen molar-refractivity contribution in [1.29, 1.82) is 5.26 Å². The summed E-state index contributed by atoms with van der Waals surface area (Å²) in [5.41, 5.74) is 4.46. The smallest absolute Gasteiger partial charge is 0.270 e. The van der Waals surface area contributed by atoms with E-state index in [0.717, 1.165) is 115 Å². The average molecular weight is 858 g/mol. The predicted molar refractivity (Wildman–Crippen MR) is 259 cm³/mol. The quantitative estimate of drug-likeness (QED) is 0.0191. The van der Waals surface area contributed by atoms with E-state index in [1.807, 2.05) is 24.3 Å². The van der Waals surface area contributed by atoms with Gasteiger partial charge < -0.3 is 30.4 Å². The standard InChI is InChI=1S/C55H60N4O5/c1-6-10-14-30-58(31-15-11-7-2)53-35-22-18-26-40(60)44(35)49(45-36(53)23-19-27-41(45)61)51-48(39(34-56)57-5)52(55(51)64)50-46-37(24-20-28-42(46)62)54(38-25-21-29-43(63)47(38)50)59(32-16-12-8-3)33-17-13-9-4/h18-29H,6-17,30-33H2,1-4H3,(H4-,60,61,62,63,64)/p+1. The summed E-state index contributed by atoms with van der Waals surface area (Å²) in [4.78, 5) is 6.07. The Kier molecular flexibility index (Phi) is 14.3. The molecule has 9 nitrogen and oxygen atoms in total. The normalized spacial score (nSPS) is 14.0. The van der Waals surface area contributed by atoms with Gasteiger partial charge in [-0.3, -0.25) is 0 Å². The zero-order valence-electron chi connectivity index (χ0n) is 37.8. The van der Waals surface area contributed by atoms with Gasteiger partial charge in [-0.1, -0.05) is 103 Å². The number of hydrogen-bond acceptors (Lipinski definition) is 7. The lowest BCUT2D eigenvalue weighted by Gasteiger charge is -2.35. The van der Waals surface area contributed by atoms with Gasteiger partial charge in [0.25, 0.3) is 5.70 Å². The second kappa shape index (κ2) is 20.2. The number of benzene rings is 5. The summed E-state index contributed by atoms with van der Waals surface area (Å²) in [6, 6.07) is 23.3. The topological polar surface area (TPSA) is 136 Å². The van der Waals surface area contributed by atoms with Crippen molar-refractivity contribution in [2.75, 3.05) is 31.1 Å². The average Bonchev–Trinajstić information content (AvgIpc) is 3.28. The molecular formula is C55H61N4O5+. The van der Waals surface area contributed by atoms with Gasteiger partial charge in [0.15, 0.2) is 0 Å². The maximum atomic E-state index is 12.9. The van der Waals surface area contributed by atoms with E-state index in [0.29, 0.717) is 43.8 Å². The van der Waals surface area contributed by atoms with Crippen molar-refractivity contribution < 1.29 is 30.1 Å². The van der Waals surface area contributed by atoms with Crippen LogP contribution in [-0.2, 0) is 0 Å². The Morgan fingerprint density at radius 1 is 0.578 bits per heavy atom. The monoisotopic (exact) mass is 857 g/mol. The van der Waals surface area contributed by atoms with Gasteiger partial charge in [-0.2, -0.15) is 0 Å². The second-order valence-electron chi connectivity index (χ2n) is 17.1. The molecule has 0 heterocycles. The van der Waals surface area contributed by atoms with E-state index < -0.39 is 0 Å². The van der Waals surface area contributed by atoms with Gasteiger partial charge in [0.1, 0.15) is 41.8 Å². The Bertz CT molecular complexity index is 2660. The Hall–Kier alpha value is -6.71. The van der Waals surface area contributed by atoms with Crippen molar-refractivity contribution in [2.24, 2.45) is 0 Å². The summed E-state index contributed by atoms with van der Waals surface area (Å²) < 4.78 is 2.35. The largest absolute Gasteiger partial charge is 0.507 e. The van der Waals surface area contributed by atoms with Crippen molar-refractivity contribution in [3.05, 3.63) is 135 Å². The fraction of sp³-hybridized carbons (Fsp3) is 0.364. The van der Waals surface area contributed by atoms with Gasteiger partial charge in [0.2, 0.25) is 5.71 Å². The van der Waals surface area contributed by atoms with Crippen LogP contribution in [0.3, 0.4) is 0 Å². The molecule has 0 saturated heterocycles. The minimum Gasteiger partial charge on any atom is -0.507 e. The van der Waals surface area contributed by atoms with Crippen LogP contribution in [0.25, 0.3) is 37.5 Å². The zero-order valence-corrected chi connectivity index (χ0v) is 37.8. The summed E-state index contributed by atoms with van der Waals surface area (Å²) in [7, 11) is 0. The highest BCUT2D eigenvalue weighted by Crippen LogP contribution is 2.59. The molecular weight excluding hydrogens is 797 g/mol. The number of anilines is 1. The van der Waals surface area contributed by atoms with Crippen LogP contribution < -0.4 is 4.90 Å². The maximum absolute atomic E-state index is 12.9. The molecule has 7 rings (SSSR count). The third kappa shape index (κ3) is 8.16. The van der Waals surface area contributed by atoms with Crippen molar-refractivity contribution in [3.63, 3.8) is 0 Å². The molecule has 9 heteroatoms. The summed E-state index contributed by atoms with van der Waals surface area (Å²) in [5.74, 6) is -0.635. The van der Waals surface area contributed by atoms with Crippen LogP contribution in [0.4, 0.5) is 5.69 Å². The Morgan fingerprint density at radius 3 is 1.48 bits per heavy atom. The van der Waals surface area contributed by atoms with Gasteiger partial charge in [-0.15, -0.1) is 0 Å². The third-order valence-corrected chi connectivity index (χ3v) is 12.9. The van der Waals surface area contributed by atoms with Gasteiger partial charge in [0, 0.05) is 86.5 Å². The Labute approximate surface area is 377 Å². The summed E-state index contributed by atoms with van der Waals surface area (Å²) in [6.07, 6.45) is 12.2. The van der Waals surface area contributed by atoms with Gasteiger partial charge in [0.05, 0.1) is 29.5 Å². The van der Waals surface area contributed by atoms with Crippen LogP contribution in [0, 0.1) is 17.9 Å². The first-order chi connectivity index (χ1) is 31.2. The fourth-order valence-electron chi connectivity index (χ4n) is 9.89. The van der Waals surface area contributed by atoms with E-state index in [-0.39, 0.29) is 62.3 Å². The zero-order chi connectivity index (χ0) is 45.5. The molecule has 0 unspecified atom stereocenters. The second-order valence-corrected chi connectivity index (χ2v) is 17.1. The summed E-state index contributed by atoms with van der Waals surface area (Å²) in [5, 5.41) is 73.7. The van der Waals surface area contributed by atoms with E-state index in [9.17, 15) is 30.8 Å². The number of phenolic OH excluding ortho intramolecular Hbond substituents is 4. The van der Waals surface area contributed by atoms with Crippen molar-refractivity contribution >= 4 is 44.1 Å². The van der Waals surface area contributed by atoms with E-state index in [4.69, 9.17) is 6.57 Å². The van der Waals surface area contributed by atoms with Crippen molar-refractivity contribution in [1.82, 2.24) is 0 Å². The lowest BCUT2D eigenvalue weighted by Crippen LogP contribution is -2.30. The van der Waals surface area contributed by atoms with Gasteiger partial charge >= 0.3 is 0 Å². The number of nitriles is 1. The molecule has 5 N–H and O–H groups in total. The predicted octanol–water partition coefficient (Wildman–Crippen LogP) is 13.0. The Morgan fingerprint density at radius 2 is 1.03 bits per heavy atom. The van der Waals surface area contributed by atoms with Crippen molar-refractivity contribution in [3.8, 4) is 29.1 Å². The molecule has 5 aromatic rings. The van der Waals surface area contributed by atoms with Crippen LogP contribution in [0.1, 0.15) is 133 Å². The molecule has 2 aliphatic carbocycles. The number of nitrogens with zero attached hydrogens (tertiary/aromatic N) is 4. The highest BCUT2D eigenvalue weighted by molar-refractivity contribution is 6.27. The number of fused-ring (bicyclic) bond motifs is 4. The lowest BCUT2D eigenvalue weighted by molar-refractivity contribution is -0.528. The lowest BCUT2D eigenvalue weighted by atomic mass is 9.68. The molecule has 0 amide bonds. The Balaban J connectivity index is 1.62. The van der Waals surface area contributed by atoms with Crippen LogP contribution in [0.2, 0.25) is 0 Å². The number of rotatable bonds is 18. The van der Waals surface area contributed by atoms with E-state index in [1.54, 1.807) is 48.5 Å². The first-order valence-corrected chi connectivity index (χ1v) is 23.3. The molecule has 64 heavy (non-hydrogen) atoms. The molecule has 0 saturated carbocycles. The number of aromatic hydroxyl groups is 4. The first-order valence-electron chi connectivity index (χ1n) is 23.3. The first kappa shape index (κ1) is 45.3. The number of hydrogen-bond donors (Lipinski definition) is 5. The molecule has 0 fully saturated rings. The SMILES string of the molecule is [C-]#[N+]C(C#N)=C1C(=C2c3c(O)cccc3C(=[N+](CCCCC)CCCCC)c3cccc(O)c32)C(O)=C1c1c2c(O)cccc2c(N(CCCCC)CCCCC)c2cccc(O)c12. The van der Waals surface area contributed by atoms with E-state index >= 15 is 0 Å². The van der Waals surface area contributed by atoms with E-state index in [1.165, 1.54) is 0 Å². The maximum Gasteiger partial charge on any atom is 0.270 e. The minimum absolute atomic E-state index is 0.0860. The number of allylic oxidation sites excluding steroid dienone is 3. The highest BCUT2D eigenvalue weighted by atomic mass is 16.3. The minimum atomic E-state index is -0.322. The van der Waals surface area contributed by atoms with Crippen molar-refractivity contribution in [2.45, 2.75) is 105 Å². The molecule has 0 aliphatic heterocycles. The molecule has 5 aromatic carbocycles. The van der Waals surface area contributed by atoms with E-state index in [2.05, 4.69) is 48.1 Å². The van der Waals surface area contributed by atoms with Gasteiger partial charge in [-0.05, 0) is 62.1 Å². The van der Waals surface area contributed by atoms with Crippen LogP contribution in [0.5, 0.6) is 23.0 Å². The summed E-state index contributed by atoms with van der Waals surface area (Å²) >= 11 is 0. The molecule has 330 valence electrons. The molecule has 0 spiro atoms. The molecule has 0 atom stereocenters. The molecule has 0 radical (unpaired) electrons. The molecule has 2 aliphatic rings. The number of aliphatic hydroxyl groups is 1.